The fraction of sp³-hybridized carbons (Fsp3) is 0.333. The first kappa shape index (κ1) is 11.2. The Labute approximate surface area is 102 Å². The van der Waals surface area contributed by atoms with E-state index >= 15 is 0 Å². The molecule has 0 saturated heterocycles. The summed E-state index contributed by atoms with van der Waals surface area (Å²) in [7, 11) is 0. The molecule has 0 bridgehead atoms. The lowest BCUT2D eigenvalue weighted by Gasteiger charge is -2.06. The molecule has 1 aromatic rings. The van der Waals surface area contributed by atoms with Crippen LogP contribution in [0, 0.1) is 0 Å². The highest BCUT2D eigenvalue weighted by molar-refractivity contribution is 9.11. The zero-order valence-electron chi connectivity index (χ0n) is 8.63. The lowest BCUT2D eigenvalue weighted by atomic mass is 10.1. The maximum atomic E-state index is 11.2. The van der Waals surface area contributed by atoms with Crippen molar-refractivity contribution in [2.75, 3.05) is 6.26 Å². The number of allylic oxidation sites excluding steroid dienone is 2. The van der Waals surface area contributed by atoms with Crippen LogP contribution in [0.2, 0.25) is 0 Å². The average Bonchev–Trinajstić information content (AvgIpc) is 2.65. The van der Waals surface area contributed by atoms with Gasteiger partial charge in [0.25, 0.3) is 0 Å². The minimum Gasteiger partial charge on any atom is -0.612 e. The molecule has 0 spiro atoms. The Morgan fingerprint density at radius 2 is 1.87 bits per heavy atom. The van der Waals surface area contributed by atoms with Crippen LogP contribution in [0.5, 0.6) is 0 Å². The number of benzene rings is 1. The average molecular weight is 285 g/mol. The van der Waals surface area contributed by atoms with E-state index in [9.17, 15) is 4.55 Å². The van der Waals surface area contributed by atoms with Crippen molar-refractivity contribution >= 4 is 32.7 Å². The zero-order chi connectivity index (χ0) is 10.8. The van der Waals surface area contributed by atoms with Crippen LogP contribution in [0.15, 0.2) is 33.6 Å². The van der Waals surface area contributed by atoms with E-state index < -0.39 is 11.2 Å². The van der Waals surface area contributed by atoms with Crippen LogP contribution >= 0.6 is 15.9 Å². The van der Waals surface area contributed by atoms with E-state index in [0.29, 0.717) is 0 Å². The summed E-state index contributed by atoms with van der Waals surface area (Å²) in [6.07, 6.45) is 5.24. The third-order valence-corrected chi connectivity index (χ3v) is 4.50. The molecule has 1 aromatic carbocycles. The third kappa shape index (κ3) is 2.47. The second-order valence-electron chi connectivity index (χ2n) is 3.72. The molecule has 0 fully saturated rings. The summed E-state index contributed by atoms with van der Waals surface area (Å²) >= 11 is 2.73. The molecular weight excluding hydrogens is 272 g/mol. The molecule has 0 radical (unpaired) electrons. The predicted molar refractivity (Wildman–Crippen MR) is 68.5 cm³/mol. The van der Waals surface area contributed by atoms with Crippen LogP contribution in [0.3, 0.4) is 0 Å². The maximum Gasteiger partial charge on any atom is 0.152 e. The second-order valence-corrected chi connectivity index (χ2v) is 6.05. The molecule has 0 saturated carbocycles. The van der Waals surface area contributed by atoms with E-state index in [1.807, 2.05) is 12.1 Å². The highest BCUT2D eigenvalue weighted by Gasteiger charge is 2.14. The van der Waals surface area contributed by atoms with E-state index in [2.05, 4.69) is 28.1 Å². The molecule has 0 N–H and O–H groups in total. The monoisotopic (exact) mass is 284 g/mol. The molecule has 1 nitrogen and oxygen atoms in total. The molecular formula is C12H13BrOS. The number of hydrogen-bond acceptors (Lipinski definition) is 1. The minimum atomic E-state index is -0.875. The van der Waals surface area contributed by atoms with Gasteiger partial charge in [0.2, 0.25) is 0 Å². The Bertz CT molecular complexity index is 381. The molecule has 0 heterocycles. The molecule has 0 amide bonds. The van der Waals surface area contributed by atoms with Crippen molar-refractivity contribution in [1.82, 2.24) is 0 Å². The summed E-state index contributed by atoms with van der Waals surface area (Å²) in [6, 6.07) is 8.05. The van der Waals surface area contributed by atoms with Crippen LogP contribution in [0.1, 0.15) is 24.8 Å². The van der Waals surface area contributed by atoms with E-state index in [0.717, 1.165) is 17.7 Å². The van der Waals surface area contributed by atoms with Gasteiger partial charge < -0.3 is 4.55 Å². The van der Waals surface area contributed by atoms with E-state index in [4.69, 9.17) is 0 Å². The van der Waals surface area contributed by atoms with Gasteiger partial charge in [0, 0.05) is 0 Å². The lowest BCUT2D eigenvalue weighted by molar-refractivity contribution is 0.601. The van der Waals surface area contributed by atoms with Gasteiger partial charge in [-0.1, -0.05) is 15.9 Å². The second kappa shape index (κ2) is 4.73. The van der Waals surface area contributed by atoms with E-state index in [-0.39, 0.29) is 0 Å². The van der Waals surface area contributed by atoms with Gasteiger partial charge >= 0.3 is 0 Å². The van der Waals surface area contributed by atoms with Crippen molar-refractivity contribution in [3.05, 3.63) is 34.3 Å². The summed E-state index contributed by atoms with van der Waals surface area (Å²) in [4.78, 5) is 0.897. The summed E-state index contributed by atoms with van der Waals surface area (Å²) in [5, 5.41) is 0. The van der Waals surface area contributed by atoms with Gasteiger partial charge in [0.1, 0.15) is 6.26 Å². The van der Waals surface area contributed by atoms with Gasteiger partial charge in [-0.25, -0.2) is 0 Å². The summed E-state index contributed by atoms with van der Waals surface area (Å²) in [5.41, 5.74) is 2.66. The molecule has 0 aliphatic heterocycles. The van der Waals surface area contributed by atoms with Gasteiger partial charge in [-0.2, -0.15) is 0 Å². The van der Waals surface area contributed by atoms with Gasteiger partial charge in [-0.15, -0.1) is 0 Å². The van der Waals surface area contributed by atoms with Crippen molar-refractivity contribution in [2.45, 2.75) is 24.2 Å². The van der Waals surface area contributed by atoms with E-state index in [1.165, 1.54) is 22.0 Å². The molecule has 15 heavy (non-hydrogen) atoms. The molecule has 1 unspecified atom stereocenters. The Morgan fingerprint density at radius 3 is 2.33 bits per heavy atom. The minimum absolute atomic E-state index is 0.875. The van der Waals surface area contributed by atoms with Gasteiger partial charge in [0.05, 0.1) is 0 Å². The topological polar surface area (TPSA) is 23.1 Å². The Hall–Kier alpha value is -0.250. The predicted octanol–water partition coefficient (Wildman–Crippen LogP) is 3.71. The molecule has 2 rings (SSSR count). The van der Waals surface area contributed by atoms with Crippen molar-refractivity contribution in [3.8, 4) is 0 Å². The summed E-state index contributed by atoms with van der Waals surface area (Å²) in [6.45, 7) is 0. The Kier molecular flexibility index (Phi) is 3.54. The molecule has 1 aliphatic carbocycles. The maximum absolute atomic E-state index is 11.2. The van der Waals surface area contributed by atoms with Crippen LogP contribution in [-0.4, -0.2) is 10.8 Å². The fourth-order valence-electron chi connectivity index (χ4n) is 1.86. The Morgan fingerprint density at radius 1 is 1.20 bits per heavy atom. The standard InChI is InChI=1S/C12H13BrOS/c1-15(14)10-7-5-9(6-8-10)11-3-2-4-12(11)13/h5-8H,2-4H2,1H3. The molecule has 1 atom stereocenters. The first-order valence-electron chi connectivity index (χ1n) is 5.00. The third-order valence-electron chi connectivity index (χ3n) is 2.69. The van der Waals surface area contributed by atoms with Crippen molar-refractivity contribution < 1.29 is 4.55 Å². The van der Waals surface area contributed by atoms with Gasteiger partial charge in [-0.05, 0) is 70.3 Å². The number of halogens is 1. The van der Waals surface area contributed by atoms with Crippen LogP contribution in [0.25, 0.3) is 5.57 Å². The van der Waals surface area contributed by atoms with Crippen LogP contribution in [-0.2, 0) is 11.2 Å². The largest absolute Gasteiger partial charge is 0.612 e. The van der Waals surface area contributed by atoms with Crippen LogP contribution < -0.4 is 0 Å². The van der Waals surface area contributed by atoms with Gasteiger partial charge in [-0.3, -0.25) is 0 Å². The summed E-state index contributed by atoms with van der Waals surface area (Å²) in [5.74, 6) is 0. The van der Waals surface area contributed by atoms with Crippen molar-refractivity contribution in [1.29, 1.82) is 0 Å². The van der Waals surface area contributed by atoms with Crippen molar-refractivity contribution in [3.63, 3.8) is 0 Å². The quantitative estimate of drug-likeness (QED) is 0.760. The van der Waals surface area contributed by atoms with E-state index in [1.54, 1.807) is 6.26 Å². The Balaban J connectivity index is 2.28. The fourth-order valence-corrected chi connectivity index (χ4v) is 3.08. The number of hydrogen-bond donors (Lipinski definition) is 0. The normalized spacial score (nSPS) is 18.3. The lowest BCUT2D eigenvalue weighted by Crippen LogP contribution is -1.96. The smallest absolute Gasteiger partial charge is 0.152 e. The summed E-state index contributed by atoms with van der Waals surface area (Å²) < 4.78 is 12.6. The molecule has 1 aliphatic rings. The molecule has 0 aromatic heterocycles. The first-order valence-corrected chi connectivity index (χ1v) is 7.35. The zero-order valence-corrected chi connectivity index (χ0v) is 11.0. The van der Waals surface area contributed by atoms with Crippen LogP contribution in [0.4, 0.5) is 0 Å². The highest BCUT2D eigenvalue weighted by atomic mass is 79.9. The molecule has 3 heteroatoms. The first-order chi connectivity index (χ1) is 7.18. The molecule has 80 valence electrons. The SMILES string of the molecule is C[S+]([O-])c1ccc(C2=C(Br)CCC2)cc1. The number of rotatable bonds is 2. The highest BCUT2D eigenvalue weighted by Crippen LogP contribution is 2.37. The van der Waals surface area contributed by atoms with Crippen molar-refractivity contribution in [2.24, 2.45) is 0 Å². The van der Waals surface area contributed by atoms with Gasteiger partial charge in [0.15, 0.2) is 4.90 Å².